The molecule has 0 radical (unpaired) electrons. The summed E-state index contributed by atoms with van der Waals surface area (Å²) in [5, 5.41) is 6.89. The van der Waals surface area contributed by atoms with Crippen LogP contribution < -0.4 is 5.32 Å². The second kappa shape index (κ2) is 5.68. The van der Waals surface area contributed by atoms with Gasteiger partial charge >= 0.3 is 0 Å². The molecule has 0 aromatic carbocycles. The Morgan fingerprint density at radius 3 is 2.72 bits per heavy atom. The first-order chi connectivity index (χ1) is 8.47. The number of rotatable bonds is 6. The summed E-state index contributed by atoms with van der Waals surface area (Å²) >= 11 is 1.77. The minimum Gasteiger partial charge on any atom is -0.310 e. The van der Waals surface area contributed by atoms with Crippen LogP contribution in [-0.2, 0) is 12.0 Å². The summed E-state index contributed by atoms with van der Waals surface area (Å²) in [5.74, 6) is 0. The Balaban J connectivity index is 1.68. The number of hydrogen-bond donors (Lipinski definition) is 1. The van der Waals surface area contributed by atoms with Crippen LogP contribution in [0.1, 0.15) is 44.3 Å². The first-order valence-electron chi connectivity index (χ1n) is 6.82. The Hall–Kier alpha value is -0.450. The van der Waals surface area contributed by atoms with Crippen molar-refractivity contribution in [1.29, 1.82) is 0 Å². The van der Waals surface area contributed by atoms with Gasteiger partial charge in [-0.15, -0.1) is 11.3 Å². The minimum atomic E-state index is 0.176. The Labute approximate surface area is 115 Å². The van der Waals surface area contributed by atoms with Gasteiger partial charge in [-0.2, -0.15) is 0 Å². The van der Waals surface area contributed by atoms with Gasteiger partial charge in [-0.3, -0.25) is 0 Å². The molecule has 1 aromatic rings. The van der Waals surface area contributed by atoms with E-state index in [0.29, 0.717) is 0 Å². The molecule has 1 N–H and O–H groups in total. The summed E-state index contributed by atoms with van der Waals surface area (Å²) < 4.78 is 0. The number of nitrogens with one attached hydrogen (secondary N) is 1. The molecule has 4 heteroatoms. The number of nitrogens with zero attached hydrogens (tertiary/aromatic N) is 2. The number of likely N-dealkylation sites (N-methyl/N-ethyl adjacent to an activating group) is 1. The summed E-state index contributed by atoms with van der Waals surface area (Å²) in [6.07, 6.45) is 2.77. The van der Waals surface area contributed by atoms with Crippen LogP contribution in [0.5, 0.6) is 0 Å². The van der Waals surface area contributed by atoms with Crippen molar-refractivity contribution in [3.8, 4) is 0 Å². The van der Waals surface area contributed by atoms with Gasteiger partial charge in [0.25, 0.3) is 0 Å². The molecule has 0 amide bonds. The molecule has 0 spiro atoms. The molecule has 18 heavy (non-hydrogen) atoms. The number of hydrogen-bond acceptors (Lipinski definition) is 4. The average Bonchev–Trinajstić information content (AvgIpc) is 3.02. The molecule has 102 valence electrons. The van der Waals surface area contributed by atoms with Gasteiger partial charge in [-0.05, 0) is 19.9 Å². The smallest absolute Gasteiger partial charge is 0.0982 e. The predicted molar refractivity (Wildman–Crippen MR) is 78.2 cm³/mol. The lowest BCUT2D eigenvalue weighted by Crippen LogP contribution is -2.30. The van der Waals surface area contributed by atoms with Crippen LogP contribution in [0.15, 0.2) is 5.38 Å². The van der Waals surface area contributed by atoms with Crippen LogP contribution in [0.4, 0.5) is 0 Å². The summed E-state index contributed by atoms with van der Waals surface area (Å²) in [6, 6.07) is 0.860. The molecule has 0 unspecified atom stereocenters. The molecule has 1 aliphatic carbocycles. The topological polar surface area (TPSA) is 28.2 Å². The Morgan fingerprint density at radius 2 is 2.17 bits per heavy atom. The fraction of sp³-hybridized carbons (Fsp3) is 0.786. The third kappa shape index (κ3) is 4.04. The fourth-order valence-electron chi connectivity index (χ4n) is 1.90. The molecule has 0 atom stereocenters. The fourth-order valence-corrected chi connectivity index (χ4v) is 2.81. The molecule has 0 aliphatic heterocycles. The first-order valence-corrected chi connectivity index (χ1v) is 7.70. The van der Waals surface area contributed by atoms with E-state index in [1.807, 2.05) is 0 Å². The molecule has 0 bridgehead atoms. The normalized spacial score (nSPS) is 16.5. The zero-order valence-corrected chi connectivity index (χ0v) is 12.8. The van der Waals surface area contributed by atoms with E-state index in [1.54, 1.807) is 11.3 Å². The van der Waals surface area contributed by atoms with Crippen LogP contribution in [0, 0.1) is 0 Å². The second-order valence-electron chi connectivity index (χ2n) is 6.28. The molecule has 1 fully saturated rings. The zero-order chi connectivity index (χ0) is 13.2. The first kappa shape index (κ1) is 14.0. The summed E-state index contributed by atoms with van der Waals surface area (Å²) in [5.41, 5.74) is 1.36. The van der Waals surface area contributed by atoms with Crippen LogP contribution in [0.25, 0.3) is 0 Å². The maximum Gasteiger partial charge on any atom is 0.0982 e. The van der Waals surface area contributed by atoms with E-state index in [9.17, 15) is 0 Å². The average molecular weight is 267 g/mol. The van der Waals surface area contributed by atoms with Gasteiger partial charge in [0.2, 0.25) is 0 Å². The van der Waals surface area contributed by atoms with E-state index in [0.717, 1.165) is 25.7 Å². The van der Waals surface area contributed by atoms with E-state index in [2.05, 4.69) is 48.4 Å². The highest BCUT2D eigenvalue weighted by Crippen LogP contribution is 2.26. The van der Waals surface area contributed by atoms with E-state index in [-0.39, 0.29) is 5.41 Å². The lowest BCUT2D eigenvalue weighted by Gasteiger charge is -2.15. The maximum atomic E-state index is 4.69. The van der Waals surface area contributed by atoms with Gasteiger partial charge in [-0.1, -0.05) is 20.8 Å². The molecule has 1 heterocycles. The molecular formula is C14H25N3S. The van der Waals surface area contributed by atoms with Crippen LogP contribution in [0.3, 0.4) is 0 Å². The minimum absolute atomic E-state index is 0.176. The van der Waals surface area contributed by atoms with Crippen LogP contribution in [0.2, 0.25) is 0 Å². The highest BCUT2D eigenvalue weighted by atomic mass is 32.1. The summed E-state index contributed by atoms with van der Waals surface area (Å²) in [6.45, 7) is 9.73. The standard InChI is InChI=1S/C14H25N3S/c1-14(2,3)13-16-11(10-18-13)9-15-7-8-17(4)12-5-6-12/h10,12,15H,5-9H2,1-4H3. The highest BCUT2D eigenvalue weighted by Gasteiger charge is 2.25. The van der Waals surface area contributed by atoms with E-state index >= 15 is 0 Å². The van der Waals surface area contributed by atoms with Gasteiger partial charge in [0, 0.05) is 36.5 Å². The Bertz CT molecular complexity index is 377. The largest absolute Gasteiger partial charge is 0.310 e. The van der Waals surface area contributed by atoms with Gasteiger partial charge < -0.3 is 10.2 Å². The third-order valence-electron chi connectivity index (χ3n) is 3.31. The van der Waals surface area contributed by atoms with Crippen molar-refractivity contribution in [3.63, 3.8) is 0 Å². The summed E-state index contributed by atoms with van der Waals surface area (Å²) in [7, 11) is 2.22. The van der Waals surface area contributed by atoms with Crippen molar-refractivity contribution in [1.82, 2.24) is 15.2 Å². The second-order valence-corrected chi connectivity index (χ2v) is 7.14. The van der Waals surface area contributed by atoms with Crippen LogP contribution in [-0.4, -0.2) is 36.1 Å². The van der Waals surface area contributed by atoms with E-state index < -0.39 is 0 Å². The van der Waals surface area contributed by atoms with Crippen molar-refractivity contribution in [2.75, 3.05) is 20.1 Å². The lowest BCUT2D eigenvalue weighted by molar-refractivity contribution is 0.321. The predicted octanol–water partition coefficient (Wildman–Crippen LogP) is 2.62. The maximum absolute atomic E-state index is 4.69. The third-order valence-corrected chi connectivity index (χ3v) is 4.63. The molecule has 2 rings (SSSR count). The van der Waals surface area contributed by atoms with Crippen molar-refractivity contribution in [3.05, 3.63) is 16.1 Å². The van der Waals surface area contributed by atoms with Crippen molar-refractivity contribution < 1.29 is 0 Å². The van der Waals surface area contributed by atoms with Gasteiger partial charge in [0.15, 0.2) is 0 Å². The van der Waals surface area contributed by atoms with Gasteiger partial charge in [0.05, 0.1) is 10.7 Å². The van der Waals surface area contributed by atoms with E-state index in [1.165, 1.54) is 23.5 Å². The quantitative estimate of drug-likeness (QED) is 0.803. The number of thiazole rings is 1. The lowest BCUT2D eigenvalue weighted by atomic mass is 9.98. The Kier molecular flexibility index (Phi) is 4.41. The molecule has 0 saturated heterocycles. The van der Waals surface area contributed by atoms with Gasteiger partial charge in [0.1, 0.15) is 0 Å². The molecule has 1 aromatic heterocycles. The summed E-state index contributed by atoms with van der Waals surface area (Å²) in [4.78, 5) is 7.14. The molecule has 1 aliphatic rings. The highest BCUT2D eigenvalue weighted by molar-refractivity contribution is 7.09. The monoisotopic (exact) mass is 267 g/mol. The molecular weight excluding hydrogens is 242 g/mol. The number of aromatic nitrogens is 1. The van der Waals surface area contributed by atoms with Crippen LogP contribution >= 0.6 is 11.3 Å². The van der Waals surface area contributed by atoms with Gasteiger partial charge in [-0.25, -0.2) is 4.98 Å². The van der Waals surface area contributed by atoms with Crippen molar-refractivity contribution in [2.24, 2.45) is 0 Å². The van der Waals surface area contributed by atoms with E-state index in [4.69, 9.17) is 0 Å². The van der Waals surface area contributed by atoms with Crippen molar-refractivity contribution >= 4 is 11.3 Å². The zero-order valence-electron chi connectivity index (χ0n) is 12.0. The van der Waals surface area contributed by atoms with Crippen molar-refractivity contribution in [2.45, 2.75) is 51.6 Å². The molecule has 1 saturated carbocycles. The molecule has 3 nitrogen and oxygen atoms in total. The SMILES string of the molecule is CN(CCNCc1csc(C(C)(C)C)n1)C1CC1. The Morgan fingerprint density at radius 1 is 1.44 bits per heavy atom.